The molecule has 9 atom stereocenters. The molecule has 4 heteroatoms. The van der Waals surface area contributed by atoms with E-state index in [1.165, 1.54) is 6.92 Å². The number of aliphatic hydroxyl groups is 2. The molecule has 0 heterocycles. The molecule has 0 aliphatic heterocycles. The van der Waals surface area contributed by atoms with Crippen molar-refractivity contribution in [1.82, 2.24) is 0 Å². The van der Waals surface area contributed by atoms with Crippen LogP contribution in [0.1, 0.15) is 65.7 Å². The Morgan fingerprint density at radius 3 is 2.48 bits per heavy atom. The number of rotatable bonds is 1. The molecule has 4 aliphatic carbocycles. The number of fused-ring (bicyclic) bond motifs is 5. The van der Waals surface area contributed by atoms with Crippen LogP contribution in [0, 0.1) is 40.4 Å². The van der Waals surface area contributed by atoms with E-state index in [0.717, 1.165) is 32.1 Å². The van der Waals surface area contributed by atoms with Crippen LogP contribution in [0.25, 0.3) is 0 Å². The van der Waals surface area contributed by atoms with E-state index >= 15 is 0 Å². The second-order valence-corrected chi connectivity index (χ2v) is 9.89. The van der Waals surface area contributed by atoms with Gasteiger partial charge >= 0.3 is 0 Å². The zero-order valence-electron chi connectivity index (χ0n) is 15.7. The Balaban J connectivity index is 1.70. The van der Waals surface area contributed by atoms with Crippen molar-refractivity contribution in [2.24, 2.45) is 40.4 Å². The van der Waals surface area contributed by atoms with Crippen LogP contribution in [0.3, 0.4) is 0 Å². The fraction of sp³-hybridized carbons (Fsp3) is 0.905. The molecule has 4 saturated carbocycles. The summed E-state index contributed by atoms with van der Waals surface area (Å²) in [5, 5.41) is 20.7. The number of hydrogen-bond donors (Lipinski definition) is 2. The third kappa shape index (κ3) is 2.26. The molecule has 4 nitrogen and oxygen atoms in total. The molecule has 0 aromatic rings. The largest absolute Gasteiger partial charge is 0.393 e. The van der Waals surface area contributed by atoms with Crippen molar-refractivity contribution < 1.29 is 19.8 Å². The molecule has 0 amide bonds. The first-order chi connectivity index (χ1) is 11.7. The lowest BCUT2D eigenvalue weighted by atomic mass is 9.44. The van der Waals surface area contributed by atoms with E-state index in [9.17, 15) is 19.8 Å². The highest BCUT2D eigenvalue weighted by Crippen LogP contribution is 2.66. The maximum atomic E-state index is 13.3. The zero-order valence-corrected chi connectivity index (χ0v) is 15.7. The number of hydrogen-bond acceptors (Lipinski definition) is 4. The molecule has 0 spiro atoms. The van der Waals surface area contributed by atoms with Gasteiger partial charge in [0, 0.05) is 11.8 Å². The predicted molar refractivity (Wildman–Crippen MR) is 93.7 cm³/mol. The molecular formula is C21H32O4. The molecule has 4 fully saturated rings. The summed E-state index contributed by atoms with van der Waals surface area (Å²) in [4.78, 5) is 25.5. The minimum absolute atomic E-state index is 0.0370. The number of carbonyl (C=O) groups excluding carboxylic acids is 2. The summed E-state index contributed by atoms with van der Waals surface area (Å²) in [5.74, 6) is 1.05. The van der Waals surface area contributed by atoms with Gasteiger partial charge in [-0.3, -0.25) is 9.59 Å². The smallest absolute Gasteiger partial charge is 0.140 e. The van der Waals surface area contributed by atoms with Gasteiger partial charge in [0.1, 0.15) is 11.6 Å². The summed E-state index contributed by atoms with van der Waals surface area (Å²) < 4.78 is 0. The van der Waals surface area contributed by atoms with Crippen LogP contribution in [0.5, 0.6) is 0 Å². The second-order valence-electron chi connectivity index (χ2n) is 9.89. The molecule has 3 unspecified atom stereocenters. The van der Waals surface area contributed by atoms with E-state index in [2.05, 4.69) is 6.92 Å². The lowest BCUT2D eigenvalue weighted by molar-refractivity contribution is -0.162. The van der Waals surface area contributed by atoms with Crippen molar-refractivity contribution in [1.29, 1.82) is 0 Å². The van der Waals surface area contributed by atoms with E-state index in [4.69, 9.17) is 0 Å². The molecule has 0 aromatic heterocycles. The van der Waals surface area contributed by atoms with Gasteiger partial charge in [-0.25, -0.2) is 0 Å². The monoisotopic (exact) mass is 348 g/mol. The summed E-state index contributed by atoms with van der Waals surface area (Å²) in [5.41, 5.74) is -0.553. The highest BCUT2D eigenvalue weighted by atomic mass is 16.3. The summed E-state index contributed by atoms with van der Waals surface area (Å²) >= 11 is 0. The number of ketones is 2. The van der Waals surface area contributed by atoms with E-state index in [1.807, 2.05) is 6.92 Å². The Bertz CT molecular complexity index is 601. The first-order valence-electron chi connectivity index (χ1n) is 10.1. The molecule has 4 rings (SSSR count). The molecule has 0 aromatic carbocycles. The summed E-state index contributed by atoms with van der Waals surface area (Å²) in [7, 11) is 0. The van der Waals surface area contributed by atoms with Gasteiger partial charge in [0.05, 0.1) is 18.1 Å². The Hall–Kier alpha value is -0.740. The first kappa shape index (κ1) is 17.7. The highest BCUT2D eigenvalue weighted by molar-refractivity contribution is 5.94. The molecule has 140 valence electrons. The maximum Gasteiger partial charge on any atom is 0.140 e. The van der Waals surface area contributed by atoms with Gasteiger partial charge in [0.2, 0.25) is 0 Å². The lowest BCUT2D eigenvalue weighted by Crippen LogP contribution is -2.57. The van der Waals surface area contributed by atoms with E-state index in [0.29, 0.717) is 30.6 Å². The van der Waals surface area contributed by atoms with Gasteiger partial charge in [-0.15, -0.1) is 0 Å². The van der Waals surface area contributed by atoms with Gasteiger partial charge < -0.3 is 10.2 Å². The first-order valence-corrected chi connectivity index (χ1v) is 10.1. The van der Waals surface area contributed by atoms with Crippen LogP contribution in [-0.4, -0.2) is 34.0 Å². The minimum Gasteiger partial charge on any atom is -0.393 e. The quantitative estimate of drug-likeness (QED) is 0.764. The van der Waals surface area contributed by atoms with Crippen LogP contribution in [0.2, 0.25) is 0 Å². The minimum atomic E-state index is -0.677. The van der Waals surface area contributed by atoms with Crippen LogP contribution in [0.4, 0.5) is 0 Å². The average Bonchev–Trinajstić information content (AvgIpc) is 2.81. The Morgan fingerprint density at radius 1 is 1.08 bits per heavy atom. The maximum absolute atomic E-state index is 13.3. The Morgan fingerprint density at radius 2 is 1.80 bits per heavy atom. The van der Waals surface area contributed by atoms with Crippen LogP contribution in [-0.2, 0) is 9.59 Å². The zero-order chi connectivity index (χ0) is 18.1. The summed E-state index contributed by atoms with van der Waals surface area (Å²) in [6.07, 6.45) is 5.17. The summed E-state index contributed by atoms with van der Waals surface area (Å²) in [6, 6.07) is 0. The second kappa shape index (κ2) is 5.63. The van der Waals surface area contributed by atoms with Crippen molar-refractivity contribution in [3.05, 3.63) is 0 Å². The van der Waals surface area contributed by atoms with Crippen LogP contribution >= 0.6 is 0 Å². The molecular weight excluding hydrogens is 316 g/mol. The van der Waals surface area contributed by atoms with E-state index in [1.54, 1.807) is 0 Å². The normalized spacial score (nSPS) is 55.2. The molecule has 4 aliphatic rings. The van der Waals surface area contributed by atoms with Gasteiger partial charge in [-0.2, -0.15) is 0 Å². The fourth-order valence-electron chi connectivity index (χ4n) is 7.67. The molecule has 0 bridgehead atoms. The Labute approximate surface area is 150 Å². The molecule has 0 radical (unpaired) electrons. The molecule has 25 heavy (non-hydrogen) atoms. The number of Topliss-reactive ketones (excluding diaryl/α,β-unsaturated/α-hetero) is 2. The number of carbonyl (C=O) groups is 2. The molecule has 0 saturated heterocycles. The van der Waals surface area contributed by atoms with Crippen molar-refractivity contribution in [2.75, 3.05) is 0 Å². The van der Waals surface area contributed by atoms with Crippen molar-refractivity contribution >= 4 is 11.6 Å². The van der Waals surface area contributed by atoms with E-state index in [-0.39, 0.29) is 29.0 Å². The van der Waals surface area contributed by atoms with Crippen LogP contribution < -0.4 is 0 Å². The lowest BCUT2D eigenvalue weighted by Gasteiger charge is -2.60. The third-order valence-corrected chi connectivity index (χ3v) is 8.98. The SMILES string of the molecule is CC(=O)[C@H]1C(O)C[C@H]2[C@@H]3CCC4CC(O)CC[C@]4(C)[C@H]3CC(=O)[C@]12C. The highest BCUT2D eigenvalue weighted by Gasteiger charge is 2.66. The number of aliphatic hydroxyl groups excluding tert-OH is 2. The third-order valence-electron chi connectivity index (χ3n) is 8.98. The van der Waals surface area contributed by atoms with Gasteiger partial charge in [-0.1, -0.05) is 13.8 Å². The van der Waals surface area contributed by atoms with Gasteiger partial charge in [-0.05, 0) is 74.5 Å². The fourth-order valence-corrected chi connectivity index (χ4v) is 7.67. The van der Waals surface area contributed by atoms with Crippen LogP contribution in [0.15, 0.2) is 0 Å². The van der Waals surface area contributed by atoms with Crippen molar-refractivity contribution in [3.8, 4) is 0 Å². The van der Waals surface area contributed by atoms with Crippen molar-refractivity contribution in [2.45, 2.75) is 77.9 Å². The average molecular weight is 348 g/mol. The summed E-state index contributed by atoms with van der Waals surface area (Å²) in [6.45, 7) is 5.82. The topological polar surface area (TPSA) is 74.6 Å². The Kier molecular flexibility index (Phi) is 3.98. The van der Waals surface area contributed by atoms with E-state index < -0.39 is 17.4 Å². The van der Waals surface area contributed by atoms with Crippen molar-refractivity contribution in [3.63, 3.8) is 0 Å². The standard InChI is InChI=1S/C21H32O4/c1-11(22)19-17(24)9-16-14-5-4-12-8-13(23)6-7-20(12,2)15(14)10-18(25)21(16,19)3/h12-17,19,23-24H,4-10H2,1-3H3/t12?,13?,14-,15+,16+,17?,19+,20+,21-/m1/s1. The van der Waals surface area contributed by atoms with Gasteiger partial charge in [0.15, 0.2) is 0 Å². The molecule has 2 N–H and O–H groups in total. The predicted octanol–water partition coefficient (Wildman–Crippen LogP) is 2.75. The van der Waals surface area contributed by atoms with Gasteiger partial charge in [0.25, 0.3) is 0 Å².